The highest BCUT2D eigenvalue weighted by molar-refractivity contribution is 5.85. The highest BCUT2D eigenvalue weighted by Gasteiger charge is 2.29. The van der Waals surface area contributed by atoms with Crippen LogP contribution in [0.4, 0.5) is 0 Å². The summed E-state index contributed by atoms with van der Waals surface area (Å²) in [5, 5.41) is 2.90. The molecule has 5 heteroatoms. The zero-order chi connectivity index (χ0) is 11.4. The fraction of sp³-hybridized carbons (Fsp3) is 0.900. The largest absolute Gasteiger partial charge is 0.372 e. The molecule has 0 spiro atoms. The monoisotopic (exact) mass is 238 g/mol. The normalized spacial score (nSPS) is 16.5. The van der Waals surface area contributed by atoms with Gasteiger partial charge in [-0.1, -0.05) is 13.8 Å². The van der Waals surface area contributed by atoms with Gasteiger partial charge in [-0.3, -0.25) is 4.79 Å². The standard InChI is InChI=1S/C10H22N2O2.ClH/c1-7(2)10(4,6-11)12-9(13)8(3)14-5;/h7-8H,6,11H2,1-5H3,(H,12,13);1H. The Labute approximate surface area is 98.3 Å². The number of rotatable bonds is 5. The second-order valence-corrected chi connectivity index (χ2v) is 4.14. The third-order valence-corrected chi connectivity index (χ3v) is 2.83. The molecule has 0 aliphatic heterocycles. The molecule has 2 unspecified atom stereocenters. The molecule has 3 N–H and O–H groups in total. The van der Waals surface area contributed by atoms with E-state index >= 15 is 0 Å². The average molecular weight is 239 g/mol. The van der Waals surface area contributed by atoms with Crippen molar-refractivity contribution in [3.8, 4) is 0 Å². The van der Waals surface area contributed by atoms with Gasteiger partial charge in [0.25, 0.3) is 0 Å². The number of ether oxygens (including phenoxy) is 1. The van der Waals surface area contributed by atoms with Crippen LogP contribution in [0.3, 0.4) is 0 Å². The van der Waals surface area contributed by atoms with Gasteiger partial charge < -0.3 is 15.8 Å². The Morgan fingerprint density at radius 3 is 2.20 bits per heavy atom. The molecule has 0 aromatic heterocycles. The number of halogens is 1. The Bertz CT molecular complexity index is 200. The Morgan fingerprint density at radius 1 is 1.47 bits per heavy atom. The highest BCUT2D eigenvalue weighted by Crippen LogP contribution is 2.14. The Hall–Kier alpha value is -0.320. The SMILES string of the molecule is COC(C)C(=O)NC(C)(CN)C(C)C.Cl. The molecule has 0 aromatic carbocycles. The van der Waals surface area contributed by atoms with Crippen molar-refractivity contribution in [2.45, 2.75) is 39.3 Å². The number of carbonyl (C=O) groups excluding carboxylic acids is 1. The molecule has 1 amide bonds. The average Bonchev–Trinajstić information content (AvgIpc) is 2.15. The van der Waals surface area contributed by atoms with Crippen LogP contribution in [0.1, 0.15) is 27.7 Å². The first-order chi connectivity index (χ1) is 6.37. The van der Waals surface area contributed by atoms with E-state index in [0.717, 1.165) is 0 Å². The fourth-order valence-corrected chi connectivity index (χ4v) is 0.921. The lowest BCUT2D eigenvalue weighted by molar-refractivity contribution is -0.132. The molecule has 0 bridgehead atoms. The molecule has 0 saturated carbocycles. The van der Waals surface area contributed by atoms with Gasteiger partial charge in [0.05, 0.1) is 5.54 Å². The molecule has 2 atom stereocenters. The maximum absolute atomic E-state index is 11.6. The molecule has 15 heavy (non-hydrogen) atoms. The van der Waals surface area contributed by atoms with E-state index in [1.54, 1.807) is 6.92 Å². The van der Waals surface area contributed by atoms with Gasteiger partial charge in [-0.05, 0) is 19.8 Å². The van der Waals surface area contributed by atoms with E-state index in [2.05, 4.69) is 5.32 Å². The van der Waals surface area contributed by atoms with Crippen molar-refractivity contribution in [2.75, 3.05) is 13.7 Å². The van der Waals surface area contributed by atoms with Gasteiger partial charge >= 0.3 is 0 Å². The van der Waals surface area contributed by atoms with Crippen molar-refractivity contribution < 1.29 is 9.53 Å². The molecule has 0 aromatic rings. The van der Waals surface area contributed by atoms with Crippen molar-refractivity contribution >= 4 is 18.3 Å². The fourth-order valence-electron chi connectivity index (χ4n) is 0.921. The summed E-state index contributed by atoms with van der Waals surface area (Å²) in [5.74, 6) is 0.176. The summed E-state index contributed by atoms with van der Waals surface area (Å²) in [6, 6.07) is 0. The molecule has 4 nitrogen and oxygen atoms in total. The van der Waals surface area contributed by atoms with Crippen molar-refractivity contribution in [2.24, 2.45) is 11.7 Å². The second-order valence-electron chi connectivity index (χ2n) is 4.14. The second kappa shape index (κ2) is 7.04. The number of hydrogen-bond donors (Lipinski definition) is 2. The number of carbonyl (C=O) groups is 1. The van der Waals surface area contributed by atoms with E-state index < -0.39 is 6.10 Å². The van der Waals surface area contributed by atoms with E-state index in [0.29, 0.717) is 12.5 Å². The minimum atomic E-state index is -0.431. The lowest BCUT2D eigenvalue weighted by Gasteiger charge is -2.34. The Kier molecular flexibility index (Phi) is 8.02. The van der Waals surface area contributed by atoms with E-state index in [4.69, 9.17) is 10.5 Å². The molecule has 0 radical (unpaired) electrons. The number of nitrogens with one attached hydrogen (secondary N) is 1. The van der Waals surface area contributed by atoms with Crippen molar-refractivity contribution in [3.63, 3.8) is 0 Å². The molecular weight excluding hydrogens is 216 g/mol. The van der Waals surface area contributed by atoms with Crippen LogP contribution >= 0.6 is 12.4 Å². The van der Waals surface area contributed by atoms with Crippen molar-refractivity contribution in [1.82, 2.24) is 5.32 Å². The molecular formula is C10H23ClN2O2. The first kappa shape index (κ1) is 17.1. The lowest BCUT2D eigenvalue weighted by Crippen LogP contribution is -2.57. The van der Waals surface area contributed by atoms with Gasteiger partial charge in [0.2, 0.25) is 5.91 Å². The molecule has 0 saturated heterocycles. The molecule has 92 valence electrons. The summed E-state index contributed by atoms with van der Waals surface area (Å²) in [6.07, 6.45) is -0.431. The predicted octanol–water partition coefficient (Wildman–Crippen LogP) is 0.933. The van der Waals surface area contributed by atoms with E-state index in [1.807, 2.05) is 20.8 Å². The third kappa shape index (κ3) is 4.82. The van der Waals surface area contributed by atoms with Crippen LogP contribution < -0.4 is 11.1 Å². The quantitative estimate of drug-likeness (QED) is 0.749. The van der Waals surface area contributed by atoms with Gasteiger partial charge in [0.1, 0.15) is 6.10 Å². The van der Waals surface area contributed by atoms with Crippen LogP contribution in [-0.4, -0.2) is 31.2 Å². The third-order valence-electron chi connectivity index (χ3n) is 2.83. The topological polar surface area (TPSA) is 64.3 Å². The minimum absolute atomic E-state index is 0. The van der Waals surface area contributed by atoms with E-state index in [1.165, 1.54) is 7.11 Å². The van der Waals surface area contributed by atoms with Crippen LogP contribution in [0.15, 0.2) is 0 Å². The van der Waals surface area contributed by atoms with Crippen LogP contribution in [0.5, 0.6) is 0 Å². The molecule has 0 fully saturated rings. The smallest absolute Gasteiger partial charge is 0.249 e. The molecule has 0 aliphatic carbocycles. The Morgan fingerprint density at radius 2 is 1.93 bits per heavy atom. The summed E-state index contributed by atoms with van der Waals surface area (Å²) >= 11 is 0. The van der Waals surface area contributed by atoms with Gasteiger partial charge in [0, 0.05) is 13.7 Å². The maximum Gasteiger partial charge on any atom is 0.249 e. The Balaban J connectivity index is 0. The lowest BCUT2D eigenvalue weighted by atomic mass is 9.88. The van der Waals surface area contributed by atoms with Crippen molar-refractivity contribution in [3.05, 3.63) is 0 Å². The van der Waals surface area contributed by atoms with Crippen LogP contribution in [-0.2, 0) is 9.53 Å². The summed E-state index contributed by atoms with van der Waals surface area (Å²) in [6.45, 7) is 8.15. The minimum Gasteiger partial charge on any atom is -0.372 e. The first-order valence-electron chi connectivity index (χ1n) is 4.92. The summed E-state index contributed by atoms with van der Waals surface area (Å²) in [4.78, 5) is 11.6. The van der Waals surface area contributed by atoms with Gasteiger partial charge in [-0.2, -0.15) is 0 Å². The number of methoxy groups -OCH3 is 1. The number of amides is 1. The van der Waals surface area contributed by atoms with Gasteiger partial charge in [-0.25, -0.2) is 0 Å². The van der Waals surface area contributed by atoms with Crippen LogP contribution in [0.2, 0.25) is 0 Å². The van der Waals surface area contributed by atoms with E-state index in [-0.39, 0.29) is 23.9 Å². The first-order valence-corrected chi connectivity index (χ1v) is 4.92. The highest BCUT2D eigenvalue weighted by atomic mass is 35.5. The number of hydrogen-bond acceptors (Lipinski definition) is 3. The van der Waals surface area contributed by atoms with E-state index in [9.17, 15) is 4.79 Å². The zero-order valence-electron chi connectivity index (χ0n) is 10.2. The van der Waals surface area contributed by atoms with Crippen LogP contribution in [0, 0.1) is 5.92 Å². The summed E-state index contributed by atoms with van der Waals surface area (Å²) in [5.41, 5.74) is 5.29. The molecule has 0 aliphatic rings. The van der Waals surface area contributed by atoms with Crippen molar-refractivity contribution in [1.29, 1.82) is 0 Å². The van der Waals surface area contributed by atoms with Gasteiger partial charge in [0.15, 0.2) is 0 Å². The van der Waals surface area contributed by atoms with Gasteiger partial charge in [-0.15, -0.1) is 12.4 Å². The number of nitrogens with two attached hydrogens (primary N) is 1. The maximum atomic E-state index is 11.6. The summed E-state index contributed by atoms with van der Waals surface area (Å²) < 4.78 is 4.93. The molecule has 0 rings (SSSR count). The van der Waals surface area contributed by atoms with Crippen LogP contribution in [0.25, 0.3) is 0 Å². The predicted molar refractivity (Wildman–Crippen MR) is 64.2 cm³/mol. The molecule has 0 heterocycles. The summed E-state index contributed by atoms with van der Waals surface area (Å²) in [7, 11) is 1.51. The zero-order valence-corrected chi connectivity index (χ0v) is 11.0.